The highest BCUT2D eigenvalue weighted by atomic mass is 16.5. The highest BCUT2D eigenvalue weighted by molar-refractivity contribution is 5.32. The maximum atomic E-state index is 5.34. The van der Waals surface area contributed by atoms with Crippen LogP contribution in [0.5, 0.6) is 5.75 Å². The fourth-order valence-electron chi connectivity index (χ4n) is 1.99. The first-order chi connectivity index (χ1) is 8.79. The summed E-state index contributed by atoms with van der Waals surface area (Å²) in [6.45, 7) is 4.05. The number of hydrogen-bond donors (Lipinski definition) is 1. The molecule has 0 bridgehead atoms. The summed E-state index contributed by atoms with van der Waals surface area (Å²) in [5.74, 6) is 0.970. The van der Waals surface area contributed by atoms with Crippen molar-refractivity contribution in [1.82, 2.24) is 0 Å². The van der Waals surface area contributed by atoms with Crippen molar-refractivity contribution in [3.63, 3.8) is 0 Å². The second-order valence-corrected chi connectivity index (χ2v) is 4.49. The first-order valence-electron chi connectivity index (χ1n) is 6.28. The molecule has 0 radical (unpaired) electrons. The van der Waals surface area contributed by atoms with Crippen molar-refractivity contribution in [3.8, 4) is 5.75 Å². The van der Waals surface area contributed by atoms with E-state index < -0.39 is 0 Å². The third-order valence-corrected chi connectivity index (χ3v) is 3.06. The van der Waals surface area contributed by atoms with Gasteiger partial charge in [0.2, 0.25) is 0 Å². The minimum Gasteiger partial charge on any atom is -0.496 e. The van der Waals surface area contributed by atoms with Gasteiger partial charge in [-0.05, 0) is 19.1 Å². The SMILES string of the molecule is COc1ccccc1C[NH2+]Cc1ccc(C)cc1. The van der Waals surface area contributed by atoms with Crippen molar-refractivity contribution < 1.29 is 10.1 Å². The Morgan fingerprint density at radius 2 is 1.67 bits per heavy atom. The minimum atomic E-state index is 0.942. The van der Waals surface area contributed by atoms with Crippen molar-refractivity contribution in [3.05, 3.63) is 65.2 Å². The molecular formula is C16H20NO+. The van der Waals surface area contributed by atoms with Crippen LogP contribution in [0.1, 0.15) is 16.7 Å². The molecule has 0 heterocycles. The molecule has 0 unspecified atom stereocenters. The third kappa shape index (κ3) is 3.34. The second-order valence-electron chi connectivity index (χ2n) is 4.49. The van der Waals surface area contributed by atoms with E-state index in [1.54, 1.807) is 7.11 Å². The zero-order valence-corrected chi connectivity index (χ0v) is 11.0. The first-order valence-corrected chi connectivity index (χ1v) is 6.28. The molecular weight excluding hydrogens is 222 g/mol. The second kappa shape index (κ2) is 6.22. The normalized spacial score (nSPS) is 10.3. The number of benzene rings is 2. The van der Waals surface area contributed by atoms with Gasteiger partial charge in [0.05, 0.1) is 7.11 Å². The lowest BCUT2D eigenvalue weighted by Crippen LogP contribution is -2.80. The number of rotatable bonds is 5. The summed E-state index contributed by atoms with van der Waals surface area (Å²) < 4.78 is 5.34. The number of ether oxygens (including phenoxy) is 1. The molecule has 0 atom stereocenters. The lowest BCUT2D eigenvalue weighted by atomic mass is 10.1. The Bertz CT molecular complexity index is 491. The summed E-state index contributed by atoms with van der Waals surface area (Å²) in [6.07, 6.45) is 0. The van der Waals surface area contributed by atoms with E-state index in [0.717, 1.165) is 18.8 Å². The Morgan fingerprint density at radius 3 is 2.39 bits per heavy atom. The van der Waals surface area contributed by atoms with Crippen LogP contribution in [0, 0.1) is 6.92 Å². The first kappa shape index (κ1) is 12.7. The van der Waals surface area contributed by atoms with E-state index in [-0.39, 0.29) is 0 Å². The number of nitrogens with two attached hydrogens (primary N) is 1. The number of methoxy groups -OCH3 is 1. The van der Waals surface area contributed by atoms with Crippen LogP contribution in [0.2, 0.25) is 0 Å². The van der Waals surface area contributed by atoms with Crippen LogP contribution < -0.4 is 10.1 Å². The van der Waals surface area contributed by atoms with Crippen LogP contribution in [0.3, 0.4) is 0 Å². The van der Waals surface area contributed by atoms with E-state index in [1.165, 1.54) is 16.7 Å². The molecule has 2 rings (SSSR count). The zero-order valence-electron chi connectivity index (χ0n) is 11.0. The van der Waals surface area contributed by atoms with Gasteiger partial charge in [-0.1, -0.05) is 42.0 Å². The molecule has 94 valence electrons. The Morgan fingerprint density at radius 1 is 0.944 bits per heavy atom. The molecule has 0 aromatic heterocycles. The quantitative estimate of drug-likeness (QED) is 0.855. The van der Waals surface area contributed by atoms with E-state index in [4.69, 9.17) is 4.74 Å². The highest BCUT2D eigenvalue weighted by Gasteiger charge is 2.03. The van der Waals surface area contributed by atoms with Gasteiger partial charge in [0.15, 0.2) is 0 Å². The lowest BCUT2D eigenvalue weighted by Gasteiger charge is -2.07. The predicted molar refractivity (Wildman–Crippen MR) is 73.5 cm³/mol. The number of aryl methyl sites for hydroxylation is 1. The predicted octanol–water partition coefficient (Wildman–Crippen LogP) is 2.27. The van der Waals surface area contributed by atoms with E-state index in [0.29, 0.717) is 0 Å². The van der Waals surface area contributed by atoms with Crippen LogP contribution in [0.15, 0.2) is 48.5 Å². The average molecular weight is 242 g/mol. The van der Waals surface area contributed by atoms with E-state index in [9.17, 15) is 0 Å². The molecule has 2 nitrogen and oxygen atoms in total. The molecule has 2 heteroatoms. The zero-order chi connectivity index (χ0) is 12.8. The molecule has 2 aromatic rings. The van der Waals surface area contributed by atoms with E-state index in [2.05, 4.69) is 48.6 Å². The average Bonchev–Trinajstić information content (AvgIpc) is 2.41. The van der Waals surface area contributed by atoms with E-state index in [1.807, 2.05) is 12.1 Å². The topological polar surface area (TPSA) is 25.8 Å². The maximum Gasteiger partial charge on any atom is 0.127 e. The summed E-state index contributed by atoms with van der Waals surface area (Å²) in [6, 6.07) is 16.9. The number of hydrogen-bond acceptors (Lipinski definition) is 1. The van der Waals surface area contributed by atoms with Gasteiger partial charge in [-0.3, -0.25) is 0 Å². The highest BCUT2D eigenvalue weighted by Crippen LogP contribution is 2.15. The molecule has 0 fully saturated rings. The van der Waals surface area contributed by atoms with Crippen LogP contribution in [-0.2, 0) is 13.1 Å². The van der Waals surface area contributed by atoms with Gasteiger partial charge in [-0.15, -0.1) is 0 Å². The molecule has 2 N–H and O–H groups in total. The van der Waals surface area contributed by atoms with Crippen molar-refractivity contribution in [2.45, 2.75) is 20.0 Å². The smallest absolute Gasteiger partial charge is 0.127 e. The van der Waals surface area contributed by atoms with Gasteiger partial charge in [0.25, 0.3) is 0 Å². The molecule has 0 saturated carbocycles. The number of para-hydroxylation sites is 1. The van der Waals surface area contributed by atoms with Crippen molar-refractivity contribution in [2.75, 3.05) is 7.11 Å². The largest absolute Gasteiger partial charge is 0.496 e. The molecule has 0 aliphatic heterocycles. The van der Waals surface area contributed by atoms with Crippen molar-refractivity contribution in [2.24, 2.45) is 0 Å². The van der Waals surface area contributed by atoms with Gasteiger partial charge in [0.1, 0.15) is 18.8 Å². The summed E-state index contributed by atoms with van der Waals surface area (Å²) in [5.41, 5.74) is 3.91. The minimum absolute atomic E-state index is 0.942. The summed E-state index contributed by atoms with van der Waals surface area (Å²) in [5, 5.41) is 2.29. The Labute approximate surface area is 109 Å². The van der Waals surface area contributed by atoms with Crippen molar-refractivity contribution >= 4 is 0 Å². The summed E-state index contributed by atoms with van der Waals surface area (Å²) in [4.78, 5) is 0. The van der Waals surface area contributed by atoms with Gasteiger partial charge in [0, 0.05) is 11.1 Å². The maximum absolute atomic E-state index is 5.34. The van der Waals surface area contributed by atoms with Gasteiger partial charge >= 0.3 is 0 Å². The summed E-state index contributed by atoms with van der Waals surface area (Å²) >= 11 is 0. The third-order valence-electron chi connectivity index (χ3n) is 3.06. The molecule has 0 aliphatic carbocycles. The van der Waals surface area contributed by atoms with Crippen LogP contribution in [0.25, 0.3) is 0 Å². The van der Waals surface area contributed by atoms with Gasteiger partial charge in [-0.25, -0.2) is 0 Å². The molecule has 2 aromatic carbocycles. The van der Waals surface area contributed by atoms with Crippen LogP contribution >= 0.6 is 0 Å². The van der Waals surface area contributed by atoms with Crippen LogP contribution in [-0.4, -0.2) is 7.11 Å². The van der Waals surface area contributed by atoms with Crippen molar-refractivity contribution in [1.29, 1.82) is 0 Å². The summed E-state index contributed by atoms with van der Waals surface area (Å²) in [7, 11) is 1.72. The number of quaternary nitrogens is 1. The molecule has 0 spiro atoms. The monoisotopic (exact) mass is 242 g/mol. The van der Waals surface area contributed by atoms with Gasteiger partial charge in [-0.2, -0.15) is 0 Å². The molecule has 18 heavy (non-hydrogen) atoms. The Hall–Kier alpha value is -1.80. The van der Waals surface area contributed by atoms with Crippen LogP contribution in [0.4, 0.5) is 0 Å². The lowest BCUT2D eigenvalue weighted by molar-refractivity contribution is -0.686. The Kier molecular flexibility index (Phi) is 4.37. The fourth-order valence-corrected chi connectivity index (χ4v) is 1.99. The van der Waals surface area contributed by atoms with E-state index >= 15 is 0 Å². The molecule has 0 aliphatic rings. The standard InChI is InChI=1S/C16H19NO/c1-13-7-9-14(10-8-13)11-17-12-15-5-3-4-6-16(15)18-2/h3-10,17H,11-12H2,1-2H3/p+1. The molecule has 0 saturated heterocycles. The Balaban J connectivity index is 1.90. The molecule has 0 amide bonds. The van der Waals surface area contributed by atoms with Gasteiger partial charge < -0.3 is 10.1 Å². The fraction of sp³-hybridized carbons (Fsp3) is 0.250.